The van der Waals surface area contributed by atoms with E-state index in [2.05, 4.69) is 16.3 Å². The normalized spacial score (nSPS) is 25.1. The van der Waals surface area contributed by atoms with Crippen molar-refractivity contribution in [3.05, 3.63) is 34.2 Å². The molecule has 0 aromatic carbocycles. The van der Waals surface area contributed by atoms with E-state index in [4.69, 9.17) is 0 Å². The van der Waals surface area contributed by atoms with Gasteiger partial charge in [0.05, 0.1) is 0 Å². The van der Waals surface area contributed by atoms with Crippen molar-refractivity contribution in [3.8, 4) is 0 Å². The molecule has 0 amide bonds. The SMILES string of the molecule is Cn1ccc(C2CCN(CC3CCCNC3)CC2)cc1=O. The van der Waals surface area contributed by atoms with Crippen LogP contribution in [0, 0.1) is 5.92 Å². The largest absolute Gasteiger partial charge is 0.319 e. The van der Waals surface area contributed by atoms with Gasteiger partial charge >= 0.3 is 0 Å². The number of likely N-dealkylation sites (tertiary alicyclic amines) is 1. The Balaban J connectivity index is 1.52. The number of aryl methyl sites for hydroxylation is 1. The zero-order valence-corrected chi connectivity index (χ0v) is 13.1. The van der Waals surface area contributed by atoms with Crippen LogP contribution in [0.3, 0.4) is 0 Å². The van der Waals surface area contributed by atoms with Gasteiger partial charge in [0.2, 0.25) is 0 Å². The van der Waals surface area contributed by atoms with Gasteiger partial charge in [-0.1, -0.05) is 0 Å². The minimum atomic E-state index is 0.114. The summed E-state index contributed by atoms with van der Waals surface area (Å²) in [4.78, 5) is 14.4. The smallest absolute Gasteiger partial charge is 0.250 e. The lowest BCUT2D eigenvalue weighted by molar-refractivity contribution is 0.169. The van der Waals surface area contributed by atoms with Crippen LogP contribution in [0.5, 0.6) is 0 Å². The van der Waals surface area contributed by atoms with Gasteiger partial charge in [-0.15, -0.1) is 0 Å². The molecule has 0 aliphatic carbocycles. The molecule has 3 rings (SSSR count). The molecule has 1 atom stereocenters. The molecule has 1 aromatic rings. The predicted molar refractivity (Wildman–Crippen MR) is 85.7 cm³/mol. The average Bonchev–Trinajstić information content (AvgIpc) is 2.52. The zero-order chi connectivity index (χ0) is 14.7. The summed E-state index contributed by atoms with van der Waals surface area (Å²) in [5.41, 5.74) is 1.35. The van der Waals surface area contributed by atoms with Crippen molar-refractivity contribution in [2.45, 2.75) is 31.6 Å². The second-order valence-electron chi connectivity index (χ2n) is 6.70. The summed E-state index contributed by atoms with van der Waals surface area (Å²) in [5.74, 6) is 1.40. The van der Waals surface area contributed by atoms with Crippen molar-refractivity contribution in [2.75, 3.05) is 32.7 Å². The summed E-state index contributed by atoms with van der Waals surface area (Å²) in [6, 6.07) is 3.94. The van der Waals surface area contributed by atoms with Crippen LogP contribution < -0.4 is 10.9 Å². The second-order valence-corrected chi connectivity index (χ2v) is 6.70. The Labute approximate surface area is 127 Å². The van der Waals surface area contributed by atoms with Crippen LogP contribution in [0.2, 0.25) is 0 Å². The van der Waals surface area contributed by atoms with Crippen LogP contribution in [-0.2, 0) is 7.05 Å². The summed E-state index contributed by atoms with van der Waals surface area (Å²) in [6.07, 6.45) is 6.98. The fraction of sp³-hybridized carbons (Fsp3) is 0.706. The van der Waals surface area contributed by atoms with Gasteiger partial charge in [0.1, 0.15) is 0 Å². The van der Waals surface area contributed by atoms with E-state index in [-0.39, 0.29) is 5.56 Å². The molecule has 21 heavy (non-hydrogen) atoms. The third-order valence-corrected chi connectivity index (χ3v) is 5.10. The molecule has 4 heteroatoms. The van der Waals surface area contributed by atoms with E-state index < -0.39 is 0 Å². The summed E-state index contributed by atoms with van der Waals surface area (Å²) in [6.45, 7) is 5.99. The molecule has 2 saturated heterocycles. The maximum Gasteiger partial charge on any atom is 0.250 e. The Hall–Kier alpha value is -1.13. The van der Waals surface area contributed by atoms with Crippen LogP contribution >= 0.6 is 0 Å². The molecule has 1 unspecified atom stereocenters. The van der Waals surface area contributed by atoms with E-state index >= 15 is 0 Å². The number of pyridine rings is 1. The van der Waals surface area contributed by atoms with Gasteiger partial charge in [0.15, 0.2) is 0 Å². The van der Waals surface area contributed by atoms with Gasteiger partial charge in [-0.3, -0.25) is 4.79 Å². The first-order valence-corrected chi connectivity index (χ1v) is 8.32. The standard InChI is InChI=1S/C17H27N3O/c1-19-8-4-16(11-17(19)21)15-5-9-20(10-6-15)13-14-3-2-7-18-12-14/h4,8,11,14-15,18H,2-3,5-7,9-10,12-13H2,1H3. The van der Waals surface area contributed by atoms with Gasteiger partial charge in [0, 0.05) is 25.9 Å². The lowest BCUT2D eigenvalue weighted by Crippen LogP contribution is -2.41. The van der Waals surface area contributed by atoms with Crippen molar-refractivity contribution in [1.82, 2.24) is 14.8 Å². The number of nitrogens with zero attached hydrogens (tertiary/aromatic N) is 2. The van der Waals surface area contributed by atoms with Crippen molar-refractivity contribution in [2.24, 2.45) is 13.0 Å². The molecule has 2 aliphatic rings. The summed E-state index contributed by atoms with van der Waals surface area (Å²) in [5, 5.41) is 3.51. The first kappa shape index (κ1) is 14.8. The second kappa shape index (κ2) is 6.75. The minimum Gasteiger partial charge on any atom is -0.319 e. The van der Waals surface area contributed by atoms with Crippen LogP contribution in [-0.4, -0.2) is 42.2 Å². The number of hydrogen-bond donors (Lipinski definition) is 1. The Morgan fingerprint density at radius 1 is 1.29 bits per heavy atom. The highest BCUT2D eigenvalue weighted by Gasteiger charge is 2.23. The molecular weight excluding hydrogens is 262 g/mol. The Morgan fingerprint density at radius 2 is 2.10 bits per heavy atom. The first-order valence-electron chi connectivity index (χ1n) is 8.32. The van der Waals surface area contributed by atoms with Crippen molar-refractivity contribution < 1.29 is 0 Å². The molecule has 0 saturated carbocycles. The molecule has 1 aromatic heterocycles. The van der Waals surface area contributed by atoms with Gasteiger partial charge in [-0.2, -0.15) is 0 Å². The minimum absolute atomic E-state index is 0.114. The number of nitrogens with one attached hydrogen (secondary N) is 1. The molecule has 2 fully saturated rings. The highest BCUT2D eigenvalue weighted by molar-refractivity contribution is 5.17. The van der Waals surface area contributed by atoms with E-state index in [1.54, 1.807) is 4.57 Å². The van der Waals surface area contributed by atoms with Crippen molar-refractivity contribution in [1.29, 1.82) is 0 Å². The molecule has 1 N–H and O–H groups in total. The van der Waals surface area contributed by atoms with Crippen LogP contribution in [0.25, 0.3) is 0 Å². The van der Waals surface area contributed by atoms with Crippen LogP contribution in [0.15, 0.2) is 23.1 Å². The Kier molecular flexibility index (Phi) is 4.76. The molecule has 116 valence electrons. The summed E-state index contributed by atoms with van der Waals surface area (Å²) >= 11 is 0. The number of piperidine rings is 2. The monoisotopic (exact) mass is 289 g/mol. The third-order valence-electron chi connectivity index (χ3n) is 5.10. The number of rotatable bonds is 3. The Bertz CT molecular complexity index is 511. The highest BCUT2D eigenvalue weighted by atomic mass is 16.1. The van der Waals surface area contributed by atoms with E-state index in [0.29, 0.717) is 5.92 Å². The van der Waals surface area contributed by atoms with Crippen molar-refractivity contribution in [3.63, 3.8) is 0 Å². The topological polar surface area (TPSA) is 37.3 Å². The van der Waals surface area contributed by atoms with E-state index in [9.17, 15) is 4.79 Å². The molecule has 2 aliphatic heterocycles. The fourth-order valence-corrected chi connectivity index (χ4v) is 3.71. The zero-order valence-electron chi connectivity index (χ0n) is 13.1. The van der Waals surface area contributed by atoms with Gasteiger partial charge in [-0.25, -0.2) is 0 Å². The van der Waals surface area contributed by atoms with Gasteiger partial charge < -0.3 is 14.8 Å². The van der Waals surface area contributed by atoms with E-state index in [0.717, 1.165) is 5.92 Å². The maximum absolute atomic E-state index is 11.8. The summed E-state index contributed by atoms with van der Waals surface area (Å²) < 4.78 is 1.65. The van der Waals surface area contributed by atoms with Crippen LogP contribution in [0.4, 0.5) is 0 Å². The number of aromatic nitrogens is 1. The van der Waals surface area contributed by atoms with Crippen molar-refractivity contribution >= 4 is 0 Å². The maximum atomic E-state index is 11.8. The summed E-state index contributed by atoms with van der Waals surface area (Å²) in [7, 11) is 1.81. The van der Waals surface area contributed by atoms with Gasteiger partial charge in [0.25, 0.3) is 5.56 Å². The average molecular weight is 289 g/mol. The van der Waals surface area contributed by atoms with E-state index in [1.807, 2.05) is 19.3 Å². The lowest BCUT2D eigenvalue weighted by Gasteiger charge is -2.35. The molecule has 0 bridgehead atoms. The molecule has 4 nitrogen and oxygen atoms in total. The van der Waals surface area contributed by atoms with E-state index in [1.165, 1.54) is 64.0 Å². The van der Waals surface area contributed by atoms with Gasteiger partial charge in [-0.05, 0) is 75.3 Å². The predicted octanol–water partition coefficient (Wildman–Crippen LogP) is 1.56. The molecule has 0 spiro atoms. The Morgan fingerprint density at radius 3 is 2.76 bits per heavy atom. The van der Waals surface area contributed by atoms with Crippen LogP contribution in [0.1, 0.15) is 37.2 Å². The molecule has 3 heterocycles. The number of hydrogen-bond acceptors (Lipinski definition) is 3. The molecular formula is C17H27N3O. The first-order chi connectivity index (χ1) is 10.2. The fourth-order valence-electron chi connectivity index (χ4n) is 3.71. The lowest BCUT2D eigenvalue weighted by atomic mass is 9.89. The molecule has 0 radical (unpaired) electrons. The third kappa shape index (κ3) is 3.74. The quantitative estimate of drug-likeness (QED) is 0.917. The highest BCUT2D eigenvalue weighted by Crippen LogP contribution is 2.27.